The molecule has 1 aliphatic rings. The van der Waals surface area contributed by atoms with Gasteiger partial charge in [0, 0.05) is 43.4 Å². The molecule has 124 valence electrons. The summed E-state index contributed by atoms with van der Waals surface area (Å²) in [7, 11) is 0. The molecule has 1 N–H and O–H groups in total. The van der Waals surface area contributed by atoms with E-state index in [1.807, 2.05) is 22.7 Å². The van der Waals surface area contributed by atoms with Crippen LogP contribution in [0.25, 0.3) is 0 Å². The van der Waals surface area contributed by atoms with Crippen molar-refractivity contribution in [3.8, 4) is 0 Å². The highest BCUT2D eigenvalue weighted by Gasteiger charge is 2.28. The SMILES string of the molecule is Cc1cc(C)n(CCCC(=O)N2CCC(c3[nH]ncc3C)C2)n1. The molecule has 1 amide bonds. The summed E-state index contributed by atoms with van der Waals surface area (Å²) in [6.45, 7) is 8.58. The first-order valence-electron chi connectivity index (χ1n) is 8.33. The van der Waals surface area contributed by atoms with Crippen molar-refractivity contribution in [3.63, 3.8) is 0 Å². The number of nitrogens with one attached hydrogen (secondary N) is 1. The zero-order valence-corrected chi connectivity index (χ0v) is 14.2. The van der Waals surface area contributed by atoms with Crippen LogP contribution in [0.2, 0.25) is 0 Å². The molecule has 3 rings (SSSR count). The van der Waals surface area contributed by atoms with Crippen molar-refractivity contribution in [2.24, 2.45) is 0 Å². The third-order valence-corrected chi connectivity index (χ3v) is 4.68. The molecule has 1 atom stereocenters. The highest BCUT2D eigenvalue weighted by Crippen LogP contribution is 2.28. The van der Waals surface area contributed by atoms with Gasteiger partial charge in [0.2, 0.25) is 5.91 Å². The van der Waals surface area contributed by atoms with Crippen LogP contribution in [0.1, 0.15) is 47.8 Å². The molecular weight excluding hydrogens is 290 g/mol. The Morgan fingerprint density at radius 3 is 2.87 bits per heavy atom. The Morgan fingerprint density at radius 1 is 1.39 bits per heavy atom. The van der Waals surface area contributed by atoms with Gasteiger partial charge in [-0.3, -0.25) is 14.6 Å². The van der Waals surface area contributed by atoms with Gasteiger partial charge < -0.3 is 4.90 Å². The molecular formula is C17H25N5O. The number of rotatable bonds is 5. The molecule has 1 aliphatic heterocycles. The fourth-order valence-electron chi connectivity index (χ4n) is 3.43. The minimum atomic E-state index is 0.256. The van der Waals surface area contributed by atoms with Crippen LogP contribution >= 0.6 is 0 Å². The van der Waals surface area contributed by atoms with Gasteiger partial charge >= 0.3 is 0 Å². The van der Waals surface area contributed by atoms with E-state index in [2.05, 4.69) is 35.2 Å². The van der Waals surface area contributed by atoms with Crippen molar-refractivity contribution in [1.82, 2.24) is 24.9 Å². The lowest BCUT2D eigenvalue weighted by Crippen LogP contribution is -2.28. The van der Waals surface area contributed by atoms with E-state index in [0.29, 0.717) is 12.3 Å². The van der Waals surface area contributed by atoms with E-state index in [1.165, 1.54) is 11.3 Å². The Kier molecular flexibility index (Phi) is 4.50. The van der Waals surface area contributed by atoms with Gasteiger partial charge in [-0.25, -0.2) is 0 Å². The number of aromatic amines is 1. The second-order valence-corrected chi connectivity index (χ2v) is 6.55. The number of hydrogen-bond donors (Lipinski definition) is 1. The molecule has 2 aromatic rings. The molecule has 2 aromatic heterocycles. The molecule has 1 fully saturated rings. The zero-order valence-electron chi connectivity index (χ0n) is 14.2. The largest absolute Gasteiger partial charge is 0.342 e. The highest BCUT2D eigenvalue weighted by molar-refractivity contribution is 5.76. The first-order valence-corrected chi connectivity index (χ1v) is 8.33. The van der Waals surface area contributed by atoms with E-state index < -0.39 is 0 Å². The quantitative estimate of drug-likeness (QED) is 0.921. The molecule has 3 heterocycles. The number of nitrogens with zero attached hydrogens (tertiary/aromatic N) is 4. The van der Waals surface area contributed by atoms with Crippen LogP contribution < -0.4 is 0 Å². The lowest BCUT2D eigenvalue weighted by atomic mass is 10.0. The average Bonchev–Trinajstić information content (AvgIpc) is 3.20. The standard InChI is InChI=1S/C17H25N5O/c1-12-10-18-19-17(12)15-6-8-21(11-15)16(23)5-4-7-22-14(3)9-13(2)20-22/h9-10,15H,4-8,11H2,1-3H3,(H,18,19). The van der Waals surface area contributed by atoms with Crippen molar-refractivity contribution in [3.05, 3.63) is 34.9 Å². The molecule has 0 spiro atoms. The number of H-pyrrole nitrogens is 1. The Bertz CT molecular complexity index is 687. The van der Waals surface area contributed by atoms with Crippen molar-refractivity contribution in [1.29, 1.82) is 0 Å². The number of carbonyl (C=O) groups is 1. The van der Waals surface area contributed by atoms with E-state index >= 15 is 0 Å². The van der Waals surface area contributed by atoms with Crippen molar-refractivity contribution >= 4 is 5.91 Å². The van der Waals surface area contributed by atoms with Crippen LogP contribution in [0.5, 0.6) is 0 Å². The topological polar surface area (TPSA) is 66.8 Å². The molecule has 0 aliphatic carbocycles. The van der Waals surface area contributed by atoms with Gasteiger partial charge in [0.15, 0.2) is 0 Å². The van der Waals surface area contributed by atoms with E-state index in [-0.39, 0.29) is 5.91 Å². The maximum Gasteiger partial charge on any atom is 0.222 e. The number of likely N-dealkylation sites (tertiary alicyclic amines) is 1. The van der Waals surface area contributed by atoms with E-state index in [0.717, 1.165) is 43.9 Å². The normalized spacial score (nSPS) is 17.9. The second kappa shape index (κ2) is 6.56. The second-order valence-electron chi connectivity index (χ2n) is 6.55. The van der Waals surface area contributed by atoms with Gasteiger partial charge in [-0.1, -0.05) is 0 Å². The maximum absolute atomic E-state index is 12.4. The number of amides is 1. The number of hydrogen-bond acceptors (Lipinski definition) is 3. The number of carbonyl (C=O) groups excluding carboxylic acids is 1. The van der Waals surface area contributed by atoms with Gasteiger partial charge in [0.25, 0.3) is 0 Å². The predicted molar refractivity (Wildman–Crippen MR) is 88.2 cm³/mol. The van der Waals surface area contributed by atoms with Crippen LogP contribution in [0.15, 0.2) is 12.3 Å². The molecule has 1 saturated heterocycles. The van der Waals surface area contributed by atoms with Gasteiger partial charge in [-0.2, -0.15) is 10.2 Å². The zero-order chi connectivity index (χ0) is 16.4. The molecule has 0 aromatic carbocycles. The molecule has 23 heavy (non-hydrogen) atoms. The first kappa shape index (κ1) is 15.8. The molecule has 6 heteroatoms. The minimum Gasteiger partial charge on any atom is -0.342 e. The molecule has 1 unspecified atom stereocenters. The highest BCUT2D eigenvalue weighted by atomic mass is 16.2. The van der Waals surface area contributed by atoms with Crippen LogP contribution in [0.3, 0.4) is 0 Å². The maximum atomic E-state index is 12.4. The predicted octanol–water partition coefficient (Wildman–Crippen LogP) is 2.33. The lowest BCUT2D eigenvalue weighted by molar-refractivity contribution is -0.130. The number of aryl methyl sites for hydroxylation is 4. The summed E-state index contributed by atoms with van der Waals surface area (Å²) in [5.41, 5.74) is 4.56. The first-order chi connectivity index (χ1) is 11.0. The molecule has 0 saturated carbocycles. The van der Waals surface area contributed by atoms with Crippen LogP contribution in [-0.4, -0.2) is 43.9 Å². The summed E-state index contributed by atoms with van der Waals surface area (Å²) in [6.07, 6.45) is 4.30. The Balaban J connectivity index is 1.48. The van der Waals surface area contributed by atoms with E-state index in [1.54, 1.807) is 0 Å². The van der Waals surface area contributed by atoms with E-state index in [9.17, 15) is 4.79 Å². The summed E-state index contributed by atoms with van der Waals surface area (Å²) >= 11 is 0. The van der Waals surface area contributed by atoms with Gasteiger partial charge in [0.1, 0.15) is 0 Å². The van der Waals surface area contributed by atoms with Crippen molar-refractivity contribution in [2.75, 3.05) is 13.1 Å². The molecule has 0 bridgehead atoms. The molecule has 6 nitrogen and oxygen atoms in total. The minimum absolute atomic E-state index is 0.256. The van der Waals surface area contributed by atoms with Gasteiger partial charge in [-0.15, -0.1) is 0 Å². The van der Waals surface area contributed by atoms with Gasteiger partial charge in [-0.05, 0) is 45.2 Å². The van der Waals surface area contributed by atoms with Crippen LogP contribution in [0, 0.1) is 20.8 Å². The average molecular weight is 315 g/mol. The Morgan fingerprint density at radius 2 is 2.22 bits per heavy atom. The van der Waals surface area contributed by atoms with Gasteiger partial charge in [0.05, 0.1) is 11.9 Å². The van der Waals surface area contributed by atoms with Crippen molar-refractivity contribution < 1.29 is 4.79 Å². The summed E-state index contributed by atoms with van der Waals surface area (Å²) in [4.78, 5) is 14.4. The van der Waals surface area contributed by atoms with Crippen LogP contribution in [0.4, 0.5) is 0 Å². The third kappa shape index (κ3) is 3.46. The van der Waals surface area contributed by atoms with Crippen LogP contribution in [-0.2, 0) is 11.3 Å². The fraction of sp³-hybridized carbons (Fsp3) is 0.588. The lowest BCUT2D eigenvalue weighted by Gasteiger charge is -2.16. The summed E-state index contributed by atoms with van der Waals surface area (Å²) < 4.78 is 1.99. The fourth-order valence-corrected chi connectivity index (χ4v) is 3.43. The molecule has 0 radical (unpaired) electrons. The van der Waals surface area contributed by atoms with Crippen molar-refractivity contribution in [2.45, 2.75) is 52.5 Å². The summed E-state index contributed by atoms with van der Waals surface area (Å²) in [5.74, 6) is 0.656. The monoisotopic (exact) mass is 315 g/mol. The Labute approximate surface area is 136 Å². The third-order valence-electron chi connectivity index (χ3n) is 4.68. The smallest absolute Gasteiger partial charge is 0.222 e. The van der Waals surface area contributed by atoms with E-state index in [4.69, 9.17) is 0 Å². The summed E-state index contributed by atoms with van der Waals surface area (Å²) in [5, 5.41) is 11.6. The summed E-state index contributed by atoms with van der Waals surface area (Å²) in [6, 6.07) is 2.07. The number of aromatic nitrogens is 4. The Hall–Kier alpha value is -2.11.